The van der Waals surface area contributed by atoms with Crippen LogP contribution in [0.4, 0.5) is 11.6 Å². The molecule has 1 aliphatic heterocycles. The molecule has 1 amide bonds. The predicted molar refractivity (Wildman–Crippen MR) is 107 cm³/mol. The monoisotopic (exact) mass is 400 g/mol. The van der Waals surface area contributed by atoms with Crippen molar-refractivity contribution < 1.29 is 19.1 Å². The molecule has 0 spiro atoms. The van der Waals surface area contributed by atoms with E-state index in [1.54, 1.807) is 24.3 Å². The Morgan fingerprint density at radius 2 is 1.90 bits per heavy atom. The van der Waals surface area contributed by atoms with Crippen molar-refractivity contribution in [3.8, 4) is 0 Å². The maximum Gasteiger partial charge on any atom is 0.339 e. The fourth-order valence-electron chi connectivity index (χ4n) is 3.28. The summed E-state index contributed by atoms with van der Waals surface area (Å²) in [5, 5.41) is 2.69. The van der Waals surface area contributed by atoms with Gasteiger partial charge in [-0.05, 0) is 25.0 Å². The van der Waals surface area contributed by atoms with Crippen LogP contribution in [0.1, 0.15) is 28.9 Å². The number of rotatable bonds is 7. The van der Waals surface area contributed by atoms with Crippen LogP contribution in [-0.4, -0.2) is 48.7 Å². The summed E-state index contributed by atoms with van der Waals surface area (Å²) in [5.74, 6) is -0.537. The van der Waals surface area contributed by atoms with Crippen molar-refractivity contribution in [1.82, 2.24) is 9.55 Å². The smallest absolute Gasteiger partial charge is 0.339 e. The first kappa shape index (κ1) is 20.5. The highest BCUT2D eigenvalue weighted by Gasteiger charge is 2.21. The van der Waals surface area contributed by atoms with Gasteiger partial charge in [0.25, 0.3) is 5.56 Å². The van der Waals surface area contributed by atoms with E-state index in [4.69, 9.17) is 9.47 Å². The van der Waals surface area contributed by atoms with Gasteiger partial charge in [-0.2, -0.15) is 0 Å². The van der Waals surface area contributed by atoms with Crippen molar-refractivity contribution in [2.24, 2.45) is 0 Å². The van der Waals surface area contributed by atoms with Crippen LogP contribution in [0.2, 0.25) is 0 Å². The van der Waals surface area contributed by atoms with Gasteiger partial charge in [-0.1, -0.05) is 12.1 Å². The van der Waals surface area contributed by atoms with Crippen LogP contribution >= 0.6 is 0 Å². The maximum absolute atomic E-state index is 12.7. The van der Waals surface area contributed by atoms with Gasteiger partial charge in [0.05, 0.1) is 30.7 Å². The lowest BCUT2D eigenvalue weighted by Crippen LogP contribution is -2.35. The Hall–Kier alpha value is -3.20. The Balaban J connectivity index is 1.87. The molecule has 1 fully saturated rings. The van der Waals surface area contributed by atoms with Gasteiger partial charge in [-0.25, -0.2) is 9.78 Å². The summed E-state index contributed by atoms with van der Waals surface area (Å²) in [5.41, 5.74) is 0.755. The van der Waals surface area contributed by atoms with E-state index in [0.29, 0.717) is 17.3 Å². The van der Waals surface area contributed by atoms with Gasteiger partial charge < -0.3 is 19.7 Å². The largest absolute Gasteiger partial charge is 0.465 e. The Morgan fingerprint density at radius 3 is 2.59 bits per heavy atom. The molecule has 1 aromatic carbocycles. The molecule has 0 bridgehead atoms. The van der Waals surface area contributed by atoms with Gasteiger partial charge in [0, 0.05) is 26.3 Å². The summed E-state index contributed by atoms with van der Waals surface area (Å²) >= 11 is 0. The van der Waals surface area contributed by atoms with E-state index in [1.165, 1.54) is 24.9 Å². The summed E-state index contributed by atoms with van der Waals surface area (Å²) in [6.07, 6.45) is 2.01. The van der Waals surface area contributed by atoms with Crippen LogP contribution in [0.5, 0.6) is 0 Å². The molecule has 29 heavy (non-hydrogen) atoms. The summed E-state index contributed by atoms with van der Waals surface area (Å²) in [6, 6.07) is 7.92. The van der Waals surface area contributed by atoms with Crippen LogP contribution < -0.4 is 15.8 Å². The predicted octanol–water partition coefficient (Wildman–Crippen LogP) is 1.42. The molecule has 2 heterocycles. The lowest BCUT2D eigenvalue weighted by Gasteiger charge is -2.21. The Morgan fingerprint density at radius 1 is 1.17 bits per heavy atom. The molecular weight excluding hydrogens is 376 g/mol. The number of para-hydroxylation sites is 1. The fraction of sp³-hybridized carbons (Fsp3) is 0.400. The number of carbonyl (C=O) groups is 2. The van der Waals surface area contributed by atoms with Crippen molar-refractivity contribution in [2.75, 3.05) is 37.5 Å². The second-order valence-corrected chi connectivity index (χ2v) is 6.68. The summed E-state index contributed by atoms with van der Waals surface area (Å²) in [4.78, 5) is 43.8. The van der Waals surface area contributed by atoms with Crippen molar-refractivity contribution in [1.29, 1.82) is 0 Å². The molecule has 9 nitrogen and oxygen atoms in total. The molecule has 0 radical (unpaired) electrons. The molecule has 154 valence electrons. The molecule has 1 saturated heterocycles. The number of nitrogens with one attached hydrogen (secondary N) is 1. The van der Waals surface area contributed by atoms with E-state index in [9.17, 15) is 14.4 Å². The fourth-order valence-corrected chi connectivity index (χ4v) is 3.28. The van der Waals surface area contributed by atoms with Crippen molar-refractivity contribution in [3.05, 3.63) is 51.9 Å². The third-order valence-electron chi connectivity index (χ3n) is 4.63. The molecule has 3 rings (SSSR count). The number of carbonyl (C=O) groups excluding carboxylic acids is 2. The standard InChI is InChI=1S/C20H24N4O5/c1-28-13-14-11-18(26)24(20(21-14)23-9-5-6-10-23)12-17(25)22-16-8-4-3-7-15(16)19(27)29-2/h3-4,7-8,11H,5-6,9-10,12-13H2,1-2H3,(H,22,25). The minimum atomic E-state index is -0.554. The normalized spacial score (nSPS) is 13.4. The molecule has 2 aromatic rings. The Bertz CT molecular complexity index is 950. The number of benzene rings is 1. The molecule has 0 aliphatic carbocycles. The van der Waals surface area contributed by atoms with Crippen molar-refractivity contribution in [3.63, 3.8) is 0 Å². The van der Waals surface area contributed by atoms with Gasteiger partial charge in [0.15, 0.2) is 0 Å². The van der Waals surface area contributed by atoms with E-state index in [1.807, 2.05) is 4.90 Å². The van der Waals surface area contributed by atoms with E-state index in [-0.39, 0.29) is 24.3 Å². The number of esters is 1. The number of hydrogen-bond acceptors (Lipinski definition) is 7. The molecular formula is C20H24N4O5. The molecule has 1 aliphatic rings. The number of nitrogens with zero attached hydrogens (tertiary/aromatic N) is 3. The van der Waals surface area contributed by atoms with Crippen molar-refractivity contribution >= 4 is 23.5 Å². The molecule has 0 saturated carbocycles. The minimum Gasteiger partial charge on any atom is -0.465 e. The summed E-state index contributed by atoms with van der Waals surface area (Å²) in [6.45, 7) is 1.54. The quantitative estimate of drug-likeness (QED) is 0.701. The molecule has 0 atom stereocenters. The van der Waals surface area contributed by atoms with Crippen LogP contribution in [0.3, 0.4) is 0 Å². The highest BCUT2D eigenvalue weighted by molar-refractivity contribution is 6.01. The maximum atomic E-state index is 12.7. The van der Waals surface area contributed by atoms with E-state index < -0.39 is 11.9 Å². The van der Waals surface area contributed by atoms with Crippen LogP contribution in [0, 0.1) is 0 Å². The van der Waals surface area contributed by atoms with Gasteiger partial charge in [0.2, 0.25) is 11.9 Å². The lowest BCUT2D eigenvalue weighted by atomic mass is 10.2. The number of anilines is 2. The topological polar surface area (TPSA) is 103 Å². The van der Waals surface area contributed by atoms with Gasteiger partial charge in [-0.15, -0.1) is 0 Å². The average Bonchev–Trinajstić information content (AvgIpc) is 3.24. The number of hydrogen-bond donors (Lipinski definition) is 1. The molecule has 0 unspecified atom stereocenters. The number of aromatic nitrogens is 2. The highest BCUT2D eigenvalue weighted by Crippen LogP contribution is 2.19. The first-order valence-electron chi connectivity index (χ1n) is 9.35. The first-order chi connectivity index (χ1) is 14.0. The number of ether oxygens (including phenoxy) is 2. The van der Waals surface area contributed by atoms with Gasteiger partial charge in [-0.3, -0.25) is 14.2 Å². The molecule has 1 aromatic heterocycles. The molecule has 9 heteroatoms. The zero-order chi connectivity index (χ0) is 20.8. The third kappa shape index (κ3) is 4.80. The van der Waals surface area contributed by atoms with E-state index in [2.05, 4.69) is 10.3 Å². The molecule has 1 N–H and O–H groups in total. The zero-order valence-electron chi connectivity index (χ0n) is 16.5. The van der Waals surface area contributed by atoms with Gasteiger partial charge in [0.1, 0.15) is 6.54 Å². The zero-order valence-corrected chi connectivity index (χ0v) is 16.5. The lowest BCUT2D eigenvalue weighted by molar-refractivity contribution is -0.116. The number of methoxy groups -OCH3 is 2. The van der Waals surface area contributed by atoms with Gasteiger partial charge >= 0.3 is 5.97 Å². The third-order valence-corrected chi connectivity index (χ3v) is 4.63. The SMILES string of the molecule is COCc1cc(=O)n(CC(=O)Nc2ccccc2C(=O)OC)c(N2CCCC2)n1. The second-order valence-electron chi connectivity index (χ2n) is 6.68. The van der Waals surface area contributed by atoms with Crippen LogP contribution in [-0.2, 0) is 27.4 Å². The highest BCUT2D eigenvalue weighted by atomic mass is 16.5. The summed E-state index contributed by atoms with van der Waals surface area (Å²) in [7, 11) is 2.81. The van der Waals surface area contributed by atoms with E-state index in [0.717, 1.165) is 25.9 Å². The van der Waals surface area contributed by atoms with E-state index >= 15 is 0 Å². The van der Waals surface area contributed by atoms with Crippen molar-refractivity contribution in [2.45, 2.75) is 26.0 Å². The van der Waals surface area contributed by atoms with Crippen LogP contribution in [0.15, 0.2) is 35.1 Å². The Labute approximate surface area is 168 Å². The summed E-state index contributed by atoms with van der Waals surface area (Å²) < 4.78 is 11.2. The first-order valence-corrected chi connectivity index (χ1v) is 9.35. The average molecular weight is 400 g/mol. The van der Waals surface area contributed by atoms with Crippen LogP contribution in [0.25, 0.3) is 0 Å². The second kappa shape index (κ2) is 9.33. The minimum absolute atomic E-state index is 0.218. The Kier molecular flexibility index (Phi) is 6.61. The number of amides is 1.